The molecule has 31 nitrogen and oxygen atoms in total. The van der Waals surface area contributed by atoms with Crippen LogP contribution in [-0.2, 0) is 104 Å². The SMILES string of the molecule is COCCOCCOCCOCCOCCOCCOCCOCCC(=O)NCCCC[C@H](NC(=O)CCN1CCc2nc(S(C)(=O)=O)ncc2C1=O)C(=O)NCC(=O)NCC(=O)N[C@@H](Cc1ccccc1)C(=O)NCC(=O)NCO[C@H](C(=O)O)C1CC1. The highest BCUT2D eigenvalue weighted by Gasteiger charge is 2.37. The summed E-state index contributed by atoms with van der Waals surface area (Å²) in [5, 5.41) is 26.6. The smallest absolute Gasteiger partial charge is 0.333 e. The number of rotatable bonds is 50. The van der Waals surface area contributed by atoms with Gasteiger partial charge in [0, 0.05) is 64.9 Å². The number of fused-ring (bicyclic) bond motifs is 1. The van der Waals surface area contributed by atoms with E-state index in [9.17, 15) is 56.7 Å². The van der Waals surface area contributed by atoms with E-state index in [4.69, 9.17) is 42.6 Å². The molecule has 3 atom stereocenters. The Labute approximate surface area is 511 Å². The number of hydrogen-bond acceptors (Lipinski definition) is 22. The zero-order valence-corrected chi connectivity index (χ0v) is 50.9. The first-order valence-electron chi connectivity index (χ1n) is 29.2. The largest absolute Gasteiger partial charge is 0.479 e. The van der Waals surface area contributed by atoms with Crippen LogP contribution in [0.5, 0.6) is 0 Å². The number of carboxylic acids is 1. The van der Waals surface area contributed by atoms with E-state index in [0.29, 0.717) is 117 Å². The molecule has 8 N–H and O–H groups in total. The van der Waals surface area contributed by atoms with Crippen LogP contribution in [0.3, 0.4) is 0 Å². The molecule has 0 spiro atoms. The Balaban J connectivity index is 1.15. The van der Waals surface area contributed by atoms with E-state index in [2.05, 4.69) is 47.2 Å². The van der Waals surface area contributed by atoms with Crippen LogP contribution in [0.25, 0.3) is 0 Å². The number of nitrogens with one attached hydrogen (secondary N) is 7. The maximum Gasteiger partial charge on any atom is 0.333 e. The van der Waals surface area contributed by atoms with Gasteiger partial charge in [0.1, 0.15) is 18.8 Å². The minimum atomic E-state index is -3.72. The summed E-state index contributed by atoms with van der Waals surface area (Å²) in [5.74, 6) is -6.38. The molecule has 1 aliphatic heterocycles. The summed E-state index contributed by atoms with van der Waals surface area (Å²) in [5.41, 5.74) is 1.03. The van der Waals surface area contributed by atoms with Gasteiger partial charge in [-0.25, -0.2) is 23.2 Å². The molecule has 32 heteroatoms. The molecule has 88 heavy (non-hydrogen) atoms. The summed E-state index contributed by atoms with van der Waals surface area (Å²) in [6.45, 7) is 4.26. The second-order valence-corrected chi connectivity index (χ2v) is 22.0. The minimum absolute atomic E-state index is 0.00684. The van der Waals surface area contributed by atoms with Crippen molar-refractivity contribution in [3.63, 3.8) is 0 Å². The van der Waals surface area contributed by atoms with Gasteiger partial charge in [-0.1, -0.05) is 30.3 Å². The van der Waals surface area contributed by atoms with E-state index in [-0.39, 0.29) is 88.0 Å². The fourth-order valence-electron chi connectivity index (χ4n) is 8.17. The highest BCUT2D eigenvalue weighted by molar-refractivity contribution is 7.90. The van der Waals surface area contributed by atoms with Gasteiger partial charge >= 0.3 is 5.97 Å². The zero-order valence-electron chi connectivity index (χ0n) is 50.1. The van der Waals surface area contributed by atoms with Gasteiger partial charge in [0.2, 0.25) is 56.3 Å². The number of nitrogens with zero attached hydrogens (tertiary/aromatic N) is 3. The first-order valence-corrected chi connectivity index (χ1v) is 31.0. The molecule has 0 radical (unpaired) electrons. The van der Waals surface area contributed by atoms with E-state index in [1.807, 2.05) is 0 Å². The molecule has 0 unspecified atom stereocenters. The van der Waals surface area contributed by atoms with Crippen LogP contribution in [0.15, 0.2) is 41.7 Å². The Bertz CT molecular complexity index is 2600. The normalized spacial score (nSPS) is 14.0. The number of hydrogen-bond donors (Lipinski definition) is 8. The van der Waals surface area contributed by atoms with Crippen molar-refractivity contribution in [2.24, 2.45) is 5.92 Å². The molecule has 2 aliphatic rings. The summed E-state index contributed by atoms with van der Waals surface area (Å²) < 4.78 is 72.3. The van der Waals surface area contributed by atoms with Crippen LogP contribution < -0.4 is 37.2 Å². The lowest BCUT2D eigenvalue weighted by molar-refractivity contribution is -0.153. The third-order valence-corrected chi connectivity index (χ3v) is 13.9. The molecular formula is C56H86N10O21S. The minimum Gasteiger partial charge on any atom is -0.479 e. The van der Waals surface area contributed by atoms with Gasteiger partial charge in [0.15, 0.2) is 6.10 Å². The topological polar surface area (TPSA) is 404 Å². The van der Waals surface area contributed by atoms with E-state index in [1.54, 1.807) is 37.4 Å². The number of carbonyl (C=O) groups excluding carboxylic acids is 8. The molecule has 1 aromatic heterocycles. The number of amides is 8. The third kappa shape index (κ3) is 31.9. The van der Waals surface area contributed by atoms with Crippen molar-refractivity contribution in [3.8, 4) is 0 Å². The highest BCUT2D eigenvalue weighted by Crippen LogP contribution is 2.34. The van der Waals surface area contributed by atoms with E-state index < -0.39 is 107 Å². The maximum absolute atomic E-state index is 13.6. The van der Waals surface area contributed by atoms with Crippen LogP contribution in [0.1, 0.15) is 66.6 Å². The summed E-state index contributed by atoms with van der Waals surface area (Å²) in [6, 6.07) is 6.28. The lowest BCUT2D eigenvalue weighted by atomic mass is 10.1. The summed E-state index contributed by atoms with van der Waals surface area (Å²) in [6.07, 6.45) is 3.29. The second-order valence-electron chi connectivity index (χ2n) is 20.1. The lowest BCUT2D eigenvalue weighted by Gasteiger charge is -2.28. The van der Waals surface area contributed by atoms with Crippen LogP contribution in [0.2, 0.25) is 0 Å². The first kappa shape index (κ1) is 73.6. The van der Waals surface area contributed by atoms with Crippen LogP contribution >= 0.6 is 0 Å². The number of sulfone groups is 1. The molecule has 8 amide bonds. The van der Waals surface area contributed by atoms with Crippen molar-refractivity contribution in [1.82, 2.24) is 52.1 Å². The number of methoxy groups -OCH3 is 1. The standard InChI is InChI=1S/C56H86N10O21S/c1-79-20-21-81-24-25-83-28-29-85-32-33-86-31-30-84-27-26-82-23-22-80-19-15-46(67)57-16-7-6-10-44(63-47(68)14-18-66-17-13-43-42(54(66)74)35-61-56(65-43)88(2,77)78)52(72)59-36-48(69)58-38-50(71)64-45(34-40-8-4-3-5-9-40)53(73)60-37-49(70)62-39-87-51(55(75)76)41-11-12-41/h3-5,8-9,35,41,44-45,51H,6-7,10-34,36-39H2,1-2H3,(H,57,67)(H,58,69)(H,59,72)(H,60,73)(H,62,70)(H,63,68)(H,64,71)(H,75,76)/t44-,45-,51-/m0/s1. The van der Waals surface area contributed by atoms with Crippen molar-refractivity contribution >= 4 is 63.1 Å². The molecular weight excluding hydrogens is 1180 g/mol. The molecule has 1 aliphatic carbocycles. The Morgan fingerprint density at radius 3 is 1.73 bits per heavy atom. The van der Waals surface area contributed by atoms with E-state index >= 15 is 0 Å². The average Bonchev–Trinajstić information content (AvgIpc) is 2.36. The predicted octanol–water partition coefficient (Wildman–Crippen LogP) is -2.78. The quantitative estimate of drug-likeness (QED) is 0.0189. The Morgan fingerprint density at radius 1 is 0.636 bits per heavy atom. The van der Waals surface area contributed by atoms with Gasteiger partial charge in [-0.15, -0.1) is 0 Å². The molecule has 0 bridgehead atoms. The summed E-state index contributed by atoms with van der Waals surface area (Å²) in [4.78, 5) is 125. The monoisotopic (exact) mass is 1270 g/mol. The zero-order chi connectivity index (χ0) is 63.8. The Morgan fingerprint density at radius 2 is 1.17 bits per heavy atom. The molecule has 1 fully saturated rings. The number of aromatic nitrogens is 2. The van der Waals surface area contributed by atoms with Gasteiger partial charge < -0.3 is 89.9 Å². The molecule has 1 saturated carbocycles. The van der Waals surface area contributed by atoms with Gasteiger partial charge in [0.25, 0.3) is 5.91 Å². The molecule has 4 rings (SSSR count). The maximum atomic E-state index is 13.6. The number of unbranched alkanes of at least 4 members (excludes halogenated alkanes) is 1. The summed E-state index contributed by atoms with van der Waals surface area (Å²) >= 11 is 0. The summed E-state index contributed by atoms with van der Waals surface area (Å²) in [7, 11) is -2.10. The van der Waals surface area contributed by atoms with E-state index in [1.165, 1.54) is 4.90 Å². The van der Waals surface area contributed by atoms with Crippen molar-refractivity contribution in [2.75, 3.05) is 158 Å². The van der Waals surface area contributed by atoms with Crippen molar-refractivity contribution < 1.29 is 99.3 Å². The van der Waals surface area contributed by atoms with Crippen LogP contribution in [0, 0.1) is 5.92 Å². The number of carboxylic acid groups (broad SMARTS) is 1. The number of ether oxygens (including phenoxy) is 9. The predicted molar refractivity (Wildman–Crippen MR) is 310 cm³/mol. The van der Waals surface area contributed by atoms with Gasteiger partial charge in [-0.2, -0.15) is 0 Å². The highest BCUT2D eigenvalue weighted by atomic mass is 32.2. The van der Waals surface area contributed by atoms with Crippen LogP contribution in [0.4, 0.5) is 0 Å². The Kier molecular flexibility index (Phi) is 35.9. The fourth-order valence-corrected chi connectivity index (χ4v) is 8.69. The van der Waals surface area contributed by atoms with E-state index in [0.717, 1.165) is 12.5 Å². The van der Waals surface area contributed by atoms with Gasteiger partial charge in [-0.3, -0.25) is 38.4 Å². The average molecular weight is 1270 g/mol. The number of aliphatic carboxylic acids is 1. The first-order chi connectivity index (χ1) is 42.4. The molecule has 492 valence electrons. The number of benzene rings is 1. The van der Waals surface area contributed by atoms with Crippen molar-refractivity contribution in [1.29, 1.82) is 0 Å². The van der Waals surface area contributed by atoms with Gasteiger partial charge in [0.05, 0.1) is 130 Å². The Hall–Kier alpha value is -6.88. The third-order valence-electron chi connectivity index (χ3n) is 13.0. The molecule has 1 aromatic carbocycles. The molecule has 2 heterocycles. The van der Waals surface area contributed by atoms with Gasteiger partial charge in [-0.05, 0) is 43.6 Å². The van der Waals surface area contributed by atoms with Crippen molar-refractivity contribution in [2.45, 2.75) is 81.1 Å². The number of carbonyl (C=O) groups is 9. The molecule has 2 aromatic rings. The lowest BCUT2D eigenvalue weighted by Crippen LogP contribution is -2.53. The van der Waals surface area contributed by atoms with Crippen LogP contribution in [-0.4, -0.2) is 258 Å². The molecule has 0 saturated heterocycles. The van der Waals surface area contributed by atoms with Crippen molar-refractivity contribution in [3.05, 3.63) is 53.3 Å². The fraction of sp³-hybridized carbons (Fsp3) is 0.661. The second kappa shape index (κ2) is 42.9.